The summed E-state index contributed by atoms with van der Waals surface area (Å²) in [6, 6.07) is 15.1. The number of pyridine rings is 2. The highest BCUT2D eigenvalue weighted by Crippen LogP contribution is 2.27. The van der Waals surface area contributed by atoms with Crippen molar-refractivity contribution in [1.82, 2.24) is 9.55 Å². The second-order valence-electron chi connectivity index (χ2n) is 7.44. The second-order valence-corrected chi connectivity index (χ2v) is 7.44. The third-order valence-electron chi connectivity index (χ3n) is 5.05. The zero-order valence-corrected chi connectivity index (χ0v) is 17.2. The van der Waals surface area contributed by atoms with Gasteiger partial charge in [-0.05, 0) is 55.7 Å². The largest absolute Gasteiger partial charge is 0.495 e. The number of hydrogen-bond donors (Lipinski definition) is 0. The molecule has 1 aromatic carbocycles. The van der Waals surface area contributed by atoms with E-state index in [0.29, 0.717) is 29.7 Å². The average molecular weight is 400 g/mol. The number of benzene rings is 1. The molecule has 0 N–H and O–H groups in total. The van der Waals surface area contributed by atoms with Crippen molar-refractivity contribution in [3.05, 3.63) is 87.6 Å². The normalized spacial score (nSPS) is 12.7. The van der Waals surface area contributed by atoms with Crippen molar-refractivity contribution in [2.75, 3.05) is 7.11 Å². The lowest BCUT2D eigenvalue weighted by Gasteiger charge is -2.13. The van der Waals surface area contributed by atoms with Gasteiger partial charge in [-0.3, -0.25) is 9.78 Å². The van der Waals surface area contributed by atoms with Crippen LogP contribution < -0.4 is 15.0 Å². The average Bonchev–Trinajstić information content (AvgIpc) is 3.59. The number of methoxy groups -OCH3 is 1. The van der Waals surface area contributed by atoms with Crippen LogP contribution in [0.2, 0.25) is 0 Å². The molecule has 0 unspecified atom stereocenters. The number of rotatable bonds is 6. The van der Waals surface area contributed by atoms with Gasteiger partial charge in [0, 0.05) is 29.4 Å². The Morgan fingerprint density at radius 2 is 1.97 bits per heavy atom. The summed E-state index contributed by atoms with van der Waals surface area (Å²) in [5, 5.41) is 0. The van der Waals surface area contributed by atoms with Crippen LogP contribution in [0.3, 0.4) is 0 Å². The molecule has 0 radical (unpaired) electrons. The van der Waals surface area contributed by atoms with Crippen LogP contribution in [0.4, 0.5) is 0 Å². The second kappa shape index (κ2) is 8.87. The van der Waals surface area contributed by atoms with Gasteiger partial charge in [-0.1, -0.05) is 24.0 Å². The zero-order chi connectivity index (χ0) is 20.9. The van der Waals surface area contributed by atoms with Crippen molar-refractivity contribution in [3.8, 4) is 23.3 Å². The first-order valence-corrected chi connectivity index (χ1v) is 10.0. The summed E-state index contributed by atoms with van der Waals surface area (Å²) in [6.07, 6.45) is 4.14. The summed E-state index contributed by atoms with van der Waals surface area (Å²) in [6.45, 7) is 2.65. The van der Waals surface area contributed by atoms with E-state index in [0.717, 1.165) is 16.8 Å². The number of ether oxygens (including phenoxy) is 2. The molecule has 1 aliphatic rings. The molecule has 0 amide bonds. The Labute approximate surface area is 176 Å². The SMILES string of the molecule is COc1cccnc1COc1cc(C)n(Cc2ccc(C#CC3CC3)cc2)c(=O)c1. The Morgan fingerprint density at radius 1 is 1.17 bits per heavy atom. The Morgan fingerprint density at radius 3 is 2.67 bits per heavy atom. The summed E-state index contributed by atoms with van der Waals surface area (Å²) in [5.41, 5.74) is 3.50. The van der Waals surface area contributed by atoms with Crippen molar-refractivity contribution in [1.29, 1.82) is 0 Å². The van der Waals surface area contributed by atoms with Crippen molar-refractivity contribution in [2.24, 2.45) is 5.92 Å². The predicted octanol–water partition coefficient (Wildman–Crippen LogP) is 3.95. The van der Waals surface area contributed by atoms with Crippen LogP contribution in [0.25, 0.3) is 0 Å². The van der Waals surface area contributed by atoms with Crippen LogP contribution in [-0.4, -0.2) is 16.7 Å². The molecular weight excluding hydrogens is 376 g/mol. The van der Waals surface area contributed by atoms with Crippen LogP contribution in [0.1, 0.15) is 35.4 Å². The van der Waals surface area contributed by atoms with Gasteiger partial charge in [0.1, 0.15) is 23.8 Å². The third kappa shape index (κ3) is 4.90. The highest BCUT2D eigenvalue weighted by atomic mass is 16.5. The van der Waals surface area contributed by atoms with Gasteiger partial charge >= 0.3 is 0 Å². The molecule has 1 saturated carbocycles. The van der Waals surface area contributed by atoms with Gasteiger partial charge in [0.2, 0.25) is 0 Å². The summed E-state index contributed by atoms with van der Waals surface area (Å²) in [4.78, 5) is 16.9. The van der Waals surface area contributed by atoms with Gasteiger partial charge in [-0.15, -0.1) is 0 Å². The Kier molecular flexibility index (Phi) is 5.85. The molecule has 0 bridgehead atoms. The van der Waals surface area contributed by atoms with Crippen LogP contribution >= 0.6 is 0 Å². The Hall–Kier alpha value is -3.52. The number of aromatic nitrogens is 2. The molecule has 0 spiro atoms. The molecule has 30 heavy (non-hydrogen) atoms. The monoisotopic (exact) mass is 400 g/mol. The molecule has 2 heterocycles. The van der Waals surface area contributed by atoms with Crippen LogP contribution in [0.5, 0.6) is 11.5 Å². The van der Waals surface area contributed by atoms with E-state index in [1.54, 1.807) is 23.9 Å². The topological polar surface area (TPSA) is 53.4 Å². The number of nitrogens with zero attached hydrogens (tertiary/aromatic N) is 2. The minimum Gasteiger partial charge on any atom is -0.495 e. The predicted molar refractivity (Wildman–Crippen MR) is 116 cm³/mol. The van der Waals surface area contributed by atoms with Crippen LogP contribution in [0.15, 0.2) is 59.5 Å². The van der Waals surface area contributed by atoms with E-state index in [1.807, 2.05) is 43.3 Å². The fourth-order valence-corrected chi connectivity index (χ4v) is 3.14. The maximum atomic E-state index is 12.7. The minimum atomic E-state index is -0.101. The highest BCUT2D eigenvalue weighted by molar-refractivity contribution is 5.37. The molecular formula is C25H24N2O3. The Balaban J connectivity index is 1.45. The smallest absolute Gasteiger partial charge is 0.254 e. The highest BCUT2D eigenvalue weighted by Gasteiger charge is 2.17. The van der Waals surface area contributed by atoms with Crippen molar-refractivity contribution in [3.63, 3.8) is 0 Å². The lowest BCUT2D eigenvalue weighted by Crippen LogP contribution is -2.22. The molecule has 1 fully saturated rings. The quantitative estimate of drug-likeness (QED) is 0.588. The fourth-order valence-electron chi connectivity index (χ4n) is 3.14. The first kappa shape index (κ1) is 19.8. The molecule has 0 saturated heterocycles. The molecule has 5 heteroatoms. The Bertz CT molecular complexity index is 1150. The lowest BCUT2D eigenvalue weighted by molar-refractivity contribution is 0.289. The molecule has 3 aromatic rings. The van der Waals surface area contributed by atoms with E-state index in [4.69, 9.17) is 9.47 Å². The van der Waals surface area contributed by atoms with E-state index >= 15 is 0 Å². The molecule has 1 aliphatic carbocycles. The van der Waals surface area contributed by atoms with Gasteiger partial charge in [-0.25, -0.2) is 0 Å². The minimum absolute atomic E-state index is 0.101. The van der Waals surface area contributed by atoms with E-state index < -0.39 is 0 Å². The summed E-state index contributed by atoms with van der Waals surface area (Å²) < 4.78 is 12.8. The number of aryl methyl sites for hydroxylation is 1. The van der Waals surface area contributed by atoms with Gasteiger partial charge in [-0.2, -0.15) is 0 Å². The number of hydrogen-bond acceptors (Lipinski definition) is 4. The third-order valence-corrected chi connectivity index (χ3v) is 5.05. The molecule has 0 aliphatic heterocycles. The summed E-state index contributed by atoms with van der Waals surface area (Å²) in [7, 11) is 1.60. The summed E-state index contributed by atoms with van der Waals surface area (Å²) >= 11 is 0. The zero-order valence-electron chi connectivity index (χ0n) is 17.2. The van der Waals surface area contributed by atoms with E-state index in [-0.39, 0.29) is 12.2 Å². The molecule has 0 atom stereocenters. The van der Waals surface area contributed by atoms with Gasteiger partial charge in [0.15, 0.2) is 0 Å². The first-order chi connectivity index (χ1) is 14.6. The maximum Gasteiger partial charge on any atom is 0.254 e. The summed E-state index contributed by atoms with van der Waals surface area (Å²) in [5.74, 6) is 8.25. The van der Waals surface area contributed by atoms with Crippen LogP contribution in [-0.2, 0) is 13.2 Å². The fraction of sp³-hybridized carbons (Fsp3) is 0.280. The van der Waals surface area contributed by atoms with Crippen molar-refractivity contribution >= 4 is 0 Å². The van der Waals surface area contributed by atoms with Crippen molar-refractivity contribution < 1.29 is 9.47 Å². The maximum absolute atomic E-state index is 12.7. The van der Waals surface area contributed by atoms with Crippen molar-refractivity contribution in [2.45, 2.75) is 32.9 Å². The lowest BCUT2D eigenvalue weighted by atomic mass is 10.1. The van der Waals surface area contributed by atoms with Gasteiger partial charge < -0.3 is 14.0 Å². The van der Waals surface area contributed by atoms with E-state index in [2.05, 4.69) is 16.8 Å². The molecule has 2 aromatic heterocycles. The standard InChI is InChI=1S/C25H24N2O3/c1-18-14-22(30-17-23-24(29-2)4-3-13-26-23)15-25(28)27(18)16-21-11-9-20(10-12-21)8-7-19-5-6-19/h3-4,9-15,19H,5-6,16-17H2,1-2H3. The van der Waals surface area contributed by atoms with Gasteiger partial charge in [0.25, 0.3) is 5.56 Å². The van der Waals surface area contributed by atoms with E-state index in [9.17, 15) is 4.79 Å². The molecule has 152 valence electrons. The molecule has 4 rings (SSSR count). The van der Waals surface area contributed by atoms with Crippen LogP contribution in [0, 0.1) is 24.7 Å². The van der Waals surface area contributed by atoms with Gasteiger partial charge in [0.05, 0.1) is 13.7 Å². The first-order valence-electron chi connectivity index (χ1n) is 10.0. The van der Waals surface area contributed by atoms with E-state index in [1.165, 1.54) is 18.9 Å². The molecule has 5 nitrogen and oxygen atoms in total.